The maximum Gasteiger partial charge on any atom is 0.254 e. The molecule has 7 nitrogen and oxygen atoms in total. The van der Waals surface area contributed by atoms with Crippen molar-refractivity contribution in [3.05, 3.63) is 82.6 Å². The molecule has 1 spiro atoms. The number of benzene rings is 3. The van der Waals surface area contributed by atoms with Gasteiger partial charge >= 0.3 is 0 Å². The SMILES string of the molecule is COc1cc(C(=O)N2CCC3(CC2)C(O)N(c2ccc(F)cc2)C3c2ccc(Cl)cc2)cc(OC)c1OC. The molecule has 0 aromatic heterocycles. The highest BCUT2D eigenvalue weighted by atomic mass is 35.5. The fourth-order valence-corrected chi connectivity index (χ4v) is 5.97. The maximum atomic E-state index is 13.6. The molecule has 2 heterocycles. The van der Waals surface area contributed by atoms with E-state index in [0.717, 1.165) is 11.3 Å². The summed E-state index contributed by atoms with van der Waals surface area (Å²) in [6, 6.07) is 16.9. The van der Waals surface area contributed by atoms with Crippen LogP contribution in [0.5, 0.6) is 17.2 Å². The first-order valence-corrected chi connectivity index (χ1v) is 12.8. The topological polar surface area (TPSA) is 71.5 Å². The van der Waals surface area contributed by atoms with Gasteiger partial charge in [-0.25, -0.2) is 4.39 Å². The minimum Gasteiger partial charge on any atom is -0.493 e. The van der Waals surface area contributed by atoms with Crippen molar-refractivity contribution in [2.75, 3.05) is 39.3 Å². The van der Waals surface area contributed by atoms with Crippen LogP contribution in [0.2, 0.25) is 5.02 Å². The molecule has 38 heavy (non-hydrogen) atoms. The Labute approximate surface area is 226 Å². The number of rotatable bonds is 6. The summed E-state index contributed by atoms with van der Waals surface area (Å²) in [5.41, 5.74) is 1.70. The minimum absolute atomic E-state index is 0.147. The molecule has 2 aliphatic heterocycles. The lowest BCUT2D eigenvalue weighted by Crippen LogP contribution is -2.69. The molecule has 9 heteroatoms. The van der Waals surface area contributed by atoms with Gasteiger partial charge in [0.15, 0.2) is 11.5 Å². The molecule has 0 radical (unpaired) electrons. The summed E-state index contributed by atoms with van der Waals surface area (Å²) in [6.07, 6.45) is 0.400. The number of nitrogens with zero attached hydrogens (tertiary/aromatic N) is 2. The lowest BCUT2D eigenvalue weighted by molar-refractivity contribution is -0.113. The van der Waals surface area contributed by atoms with E-state index >= 15 is 0 Å². The Morgan fingerprint density at radius 3 is 2.05 bits per heavy atom. The average Bonchev–Trinajstić information content (AvgIpc) is 2.95. The third-order valence-electron chi connectivity index (χ3n) is 7.80. The predicted molar refractivity (Wildman–Crippen MR) is 143 cm³/mol. The second-order valence-electron chi connectivity index (χ2n) is 9.65. The molecule has 3 aromatic carbocycles. The zero-order valence-electron chi connectivity index (χ0n) is 21.5. The summed E-state index contributed by atoms with van der Waals surface area (Å²) in [5.74, 6) is 0.770. The number of carbonyl (C=O) groups excluding carboxylic acids is 1. The summed E-state index contributed by atoms with van der Waals surface area (Å²) in [6.45, 7) is 0.932. The Kier molecular flexibility index (Phi) is 7.11. The number of carbonyl (C=O) groups is 1. The number of aliphatic hydroxyl groups is 1. The van der Waals surface area contributed by atoms with Gasteiger partial charge in [0.2, 0.25) is 5.75 Å². The van der Waals surface area contributed by atoms with Crippen LogP contribution in [-0.2, 0) is 0 Å². The molecule has 2 unspecified atom stereocenters. The van der Waals surface area contributed by atoms with Crippen molar-refractivity contribution >= 4 is 23.2 Å². The first-order valence-electron chi connectivity index (χ1n) is 12.4. The number of hydrogen-bond donors (Lipinski definition) is 1. The zero-order valence-corrected chi connectivity index (χ0v) is 22.2. The van der Waals surface area contributed by atoms with Gasteiger partial charge in [-0.3, -0.25) is 4.79 Å². The zero-order chi connectivity index (χ0) is 27.0. The molecule has 0 bridgehead atoms. The number of ether oxygens (including phenoxy) is 3. The summed E-state index contributed by atoms with van der Waals surface area (Å²) < 4.78 is 29.8. The second-order valence-corrected chi connectivity index (χ2v) is 10.1. The van der Waals surface area contributed by atoms with E-state index in [0.29, 0.717) is 53.8 Å². The van der Waals surface area contributed by atoms with Gasteiger partial charge < -0.3 is 29.1 Å². The summed E-state index contributed by atoms with van der Waals surface area (Å²) in [4.78, 5) is 17.2. The molecular formula is C29H30ClFN2O5. The predicted octanol–water partition coefficient (Wildman–Crippen LogP) is 5.31. The number of halogens is 2. The Balaban J connectivity index is 1.41. The highest BCUT2D eigenvalue weighted by molar-refractivity contribution is 6.30. The van der Waals surface area contributed by atoms with Crippen LogP contribution in [0, 0.1) is 11.2 Å². The van der Waals surface area contributed by atoms with Crippen molar-refractivity contribution in [3.63, 3.8) is 0 Å². The fourth-order valence-electron chi connectivity index (χ4n) is 5.84. The van der Waals surface area contributed by atoms with Crippen molar-refractivity contribution < 1.29 is 28.5 Å². The highest BCUT2D eigenvalue weighted by Gasteiger charge is 2.61. The number of methoxy groups -OCH3 is 3. The first-order chi connectivity index (χ1) is 18.3. The van der Waals surface area contributed by atoms with Crippen LogP contribution in [0.25, 0.3) is 0 Å². The van der Waals surface area contributed by atoms with Crippen LogP contribution in [0.4, 0.5) is 10.1 Å². The van der Waals surface area contributed by atoms with Gasteiger partial charge in [0, 0.05) is 34.8 Å². The minimum atomic E-state index is -0.785. The second kappa shape index (κ2) is 10.3. The number of piperidine rings is 1. The van der Waals surface area contributed by atoms with E-state index in [4.69, 9.17) is 25.8 Å². The molecule has 1 amide bonds. The van der Waals surface area contributed by atoms with E-state index in [1.807, 2.05) is 29.2 Å². The molecule has 3 aromatic rings. The van der Waals surface area contributed by atoms with E-state index in [9.17, 15) is 14.3 Å². The van der Waals surface area contributed by atoms with Crippen LogP contribution < -0.4 is 19.1 Å². The number of amides is 1. The van der Waals surface area contributed by atoms with Crippen LogP contribution in [0.3, 0.4) is 0 Å². The van der Waals surface area contributed by atoms with Crippen LogP contribution in [0.1, 0.15) is 34.8 Å². The third kappa shape index (κ3) is 4.31. The van der Waals surface area contributed by atoms with Gasteiger partial charge in [-0.1, -0.05) is 23.7 Å². The number of likely N-dealkylation sites (tertiary alicyclic amines) is 1. The fraction of sp³-hybridized carbons (Fsp3) is 0.345. The van der Waals surface area contributed by atoms with E-state index in [2.05, 4.69) is 0 Å². The standard InChI is InChI=1S/C29H30ClFN2O5/c1-36-23-16-19(17-24(37-2)25(23)38-3)27(34)32-14-12-29(13-15-32)26(18-4-6-20(30)7-5-18)33(28(29)35)22-10-8-21(31)9-11-22/h4-11,16-17,26,28,35H,12-15H2,1-3H3. The highest BCUT2D eigenvalue weighted by Crippen LogP contribution is 2.60. The average molecular weight is 541 g/mol. The lowest BCUT2D eigenvalue weighted by Gasteiger charge is -2.64. The molecule has 1 N–H and O–H groups in total. The van der Waals surface area contributed by atoms with E-state index in [-0.39, 0.29) is 17.8 Å². The molecule has 2 aliphatic rings. The van der Waals surface area contributed by atoms with E-state index in [1.165, 1.54) is 33.5 Å². The van der Waals surface area contributed by atoms with Crippen molar-refractivity contribution in [3.8, 4) is 17.2 Å². The van der Waals surface area contributed by atoms with Gasteiger partial charge in [-0.15, -0.1) is 0 Å². The summed E-state index contributed by atoms with van der Waals surface area (Å²) in [7, 11) is 4.54. The quantitative estimate of drug-likeness (QED) is 0.457. The lowest BCUT2D eigenvalue weighted by atomic mass is 9.61. The van der Waals surface area contributed by atoms with Gasteiger partial charge in [-0.05, 0) is 66.9 Å². The maximum absolute atomic E-state index is 13.6. The normalized spacial score (nSPS) is 20.2. The molecular weight excluding hydrogens is 511 g/mol. The Morgan fingerprint density at radius 1 is 0.947 bits per heavy atom. The van der Waals surface area contributed by atoms with E-state index in [1.54, 1.807) is 29.2 Å². The Hall–Kier alpha value is -3.49. The molecule has 200 valence electrons. The monoisotopic (exact) mass is 540 g/mol. The van der Waals surface area contributed by atoms with Gasteiger partial charge in [-0.2, -0.15) is 0 Å². The number of hydrogen-bond acceptors (Lipinski definition) is 6. The smallest absolute Gasteiger partial charge is 0.254 e. The summed E-state index contributed by atoms with van der Waals surface area (Å²) >= 11 is 6.15. The Morgan fingerprint density at radius 2 is 1.53 bits per heavy atom. The number of aliphatic hydroxyl groups excluding tert-OH is 1. The Bertz CT molecular complexity index is 1280. The summed E-state index contributed by atoms with van der Waals surface area (Å²) in [5, 5.41) is 12.1. The largest absolute Gasteiger partial charge is 0.493 e. The van der Waals surface area contributed by atoms with Crippen molar-refractivity contribution in [2.24, 2.45) is 5.41 Å². The van der Waals surface area contributed by atoms with Crippen molar-refractivity contribution in [1.82, 2.24) is 4.90 Å². The molecule has 0 aliphatic carbocycles. The molecule has 2 saturated heterocycles. The van der Waals surface area contributed by atoms with Crippen LogP contribution in [-0.4, -0.2) is 56.6 Å². The van der Waals surface area contributed by atoms with Crippen LogP contribution >= 0.6 is 11.6 Å². The van der Waals surface area contributed by atoms with Crippen molar-refractivity contribution in [2.45, 2.75) is 25.1 Å². The third-order valence-corrected chi connectivity index (χ3v) is 8.06. The van der Waals surface area contributed by atoms with Gasteiger partial charge in [0.25, 0.3) is 5.91 Å². The molecule has 2 fully saturated rings. The first kappa shape index (κ1) is 26.1. The van der Waals surface area contributed by atoms with Crippen molar-refractivity contribution in [1.29, 1.82) is 0 Å². The number of anilines is 1. The molecule has 0 saturated carbocycles. The molecule has 5 rings (SSSR count). The van der Waals surface area contributed by atoms with E-state index < -0.39 is 11.6 Å². The molecule has 2 atom stereocenters. The van der Waals surface area contributed by atoms with Crippen LogP contribution in [0.15, 0.2) is 60.7 Å². The van der Waals surface area contributed by atoms with Gasteiger partial charge in [0.1, 0.15) is 12.0 Å². The van der Waals surface area contributed by atoms with Gasteiger partial charge in [0.05, 0.1) is 27.4 Å².